The molecule has 2 heterocycles. The summed E-state index contributed by atoms with van der Waals surface area (Å²) in [6.07, 6.45) is 3.69. The second kappa shape index (κ2) is 5.35. The van der Waals surface area contributed by atoms with E-state index in [-0.39, 0.29) is 6.04 Å². The third kappa shape index (κ3) is 2.31. The molecule has 1 N–H and O–H groups in total. The maximum absolute atomic E-state index is 4.41. The first kappa shape index (κ1) is 12.8. The van der Waals surface area contributed by atoms with Crippen LogP contribution in [0.1, 0.15) is 44.2 Å². The van der Waals surface area contributed by atoms with Gasteiger partial charge in [0.15, 0.2) is 0 Å². The van der Waals surface area contributed by atoms with E-state index in [0.29, 0.717) is 6.04 Å². The van der Waals surface area contributed by atoms with Crippen LogP contribution in [0, 0.1) is 0 Å². The lowest BCUT2D eigenvalue weighted by molar-refractivity contribution is 0.464. The van der Waals surface area contributed by atoms with Crippen LogP contribution in [-0.4, -0.2) is 26.1 Å². The number of aryl methyl sites for hydroxylation is 1. The van der Waals surface area contributed by atoms with Crippen molar-refractivity contribution < 1.29 is 0 Å². The molecule has 2 aromatic heterocycles. The Bertz CT molecular complexity index is 497. The fraction of sp³-hybridized carbons (Fsp3) is 0.538. The first-order chi connectivity index (χ1) is 8.65. The van der Waals surface area contributed by atoms with Gasteiger partial charge in [-0.25, -0.2) is 0 Å². The lowest BCUT2D eigenvalue weighted by atomic mass is 10.1. The molecular weight excluding hydrogens is 226 g/mol. The second-order valence-corrected chi connectivity index (χ2v) is 4.66. The minimum Gasteiger partial charge on any atom is -0.304 e. The topological polar surface area (TPSA) is 47.7 Å². The highest BCUT2D eigenvalue weighted by molar-refractivity contribution is 5.21. The molecule has 0 spiro atoms. The fourth-order valence-electron chi connectivity index (χ4n) is 2.22. The van der Waals surface area contributed by atoms with Gasteiger partial charge in [0.05, 0.1) is 17.4 Å². The van der Waals surface area contributed by atoms with Crippen molar-refractivity contribution in [1.29, 1.82) is 0 Å². The molecule has 5 nitrogen and oxygen atoms in total. The van der Waals surface area contributed by atoms with E-state index in [4.69, 9.17) is 0 Å². The Labute approximate surface area is 108 Å². The van der Waals surface area contributed by atoms with E-state index in [1.54, 1.807) is 0 Å². The standard InChI is InChI=1S/C13H21N5/c1-5-14-13(11-6-8-15-17(11)4)12-7-9-16-18(12)10(2)3/h6-10,13-14H,5H2,1-4H3. The summed E-state index contributed by atoms with van der Waals surface area (Å²) in [6, 6.07) is 4.60. The predicted molar refractivity (Wildman–Crippen MR) is 71.3 cm³/mol. The highest BCUT2D eigenvalue weighted by Gasteiger charge is 2.21. The van der Waals surface area contributed by atoms with Gasteiger partial charge in [0.25, 0.3) is 0 Å². The molecule has 1 unspecified atom stereocenters. The van der Waals surface area contributed by atoms with Gasteiger partial charge in [0.2, 0.25) is 0 Å². The zero-order chi connectivity index (χ0) is 13.1. The molecule has 0 saturated carbocycles. The van der Waals surface area contributed by atoms with Crippen molar-refractivity contribution >= 4 is 0 Å². The zero-order valence-electron chi connectivity index (χ0n) is 11.5. The molecule has 0 amide bonds. The summed E-state index contributed by atoms with van der Waals surface area (Å²) in [7, 11) is 1.97. The first-order valence-electron chi connectivity index (χ1n) is 6.39. The van der Waals surface area contributed by atoms with Crippen LogP contribution in [0.15, 0.2) is 24.5 Å². The molecular formula is C13H21N5. The van der Waals surface area contributed by atoms with Crippen LogP contribution in [0.2, 0.25) is 0 Å². The maximum Gasteiger partial charge on any atom is 0.0918 e. The largest absolute Gasteiger partial charge is 0.304 e. The molecule has 0 aliphatic carbocycles. The molecule has 0 aliphatic heterocycles. The van der Waals surface area contributed by atoms with Gasteiger partial charge in [0.1, 0.15) is 0 Å². The first-order valence-corrected chi connectivity index (χ1v) is 6.39. The van der Waals surface area contributed by atoms with Crippen molar-refractivity contribution in [1.82, 2.24) is 24.9 Å². The summed E-state index contributed by atoms with van der Waals surface area (Å²) >= 11 is 0. The highest BCUT2D eigenvalue weighted by Crippen LogP contribution is 2.23. The number of nitrogens with zero attached hydrogens (tertiary/aromatic N) is 4. The molecule has 98 valence electrons. The van der Waals surface area contributed by atoms with E-state index in [0.717, 1.165) is 12.2 Å². The van der Waals surface area contributed by atoms with E-state index in [2.05, 4.69) is 47.0 Å². The molecule has 2 rings (SSSR count). The molecule has 5 heteroatoms. The van der Waals surface area contributed by atoms with Gasteiger partial charge < -0.3 is 5.32 Å². The minimum absolute atomic E-state index is 0.132. The van der Waals surface area contributed by atoms with Gasteiger partial charge in [-0.1, -0.05) is 6.92 Å². The number of aromatic nitrogens is 4. The molecule has 0 bridgehead atoms. The van der Waals surface area contributed by atoms with E-state index >= 15 is 0 Å². The number of hydrogen-bond donors (Lipinski definition) is 1. The quantitative estimate of drug-likeness (QED) is 0.877. The smallest absolute Gasteiger partial charge is 0.0918 e. The molecule has 18 heavy (non-hydrogen) atoms. The van der Waals surface area contributed by atoms with Gasteiger partial charge >= 0.3 is 0 Å². The van der Waals surface area contributed by atoms with Gasteiger partial charge in [-0.3, -0.25) is 9.36 Å². The Morgan fingerprint density at radius 2 is 1.83 bits per heavy atom. The zero-order valence-corrected chi connectivity index (χ0v) is 11.5. The van der Waals surface area contributed by atoms with Crippen molar-refractivity contribution in [2.75, 3.05) is 6.54 Å². The predicted octanol–water partition coefficient (Wildman–Crippen LogP) is 1.90. The maximum atomic E-state index is 4.41. The second-order valence-electron chi connectivity index (χ2n) is 4.66. The average Bonchev–Trinajstić information content (AvgIpc) is 2.94. The van der Waals surface area contributed by atoms with E-state index in [9.17, 15) is 0 Å². The highest BCUT2D eigenvalue weighted by atomic mass is 15.3. The van der Waals surface area contributed by atoms with E-state index in [1.165, 1.54) is 5.69 Å². The number of nitrogens with one attached hydrogen (secondary N) is 1. The molecule has 1 atom stereocenters. The molecule has 0 fully saturated rings. The van der Waals surface area contributed by atoms with Crippen molar-refractivity contribution in [2.45, 2.75) is 32.9 Å². The van der Waals surface area contributed by atoms with Gasteiger partial charge in [-0.2, -0.15) is 10.2 Å². The van der Waals surface area contributed by atoms with Gasteiger partial charge in [0, 0.05) is 25.5 Å². The summed E-state index contributed by atoms with van der Waals surface area (Å²) in [5, 5.41) is 12.2. The van der Waals surface area contributed by atoms with Crippen molar-refractivity contribution in [3.63, 3.8) is 0 Å². The molecule has 0 aliphatic rings. The summed E-state index contributed by atoms with van der Waals surface area (Å²) in [4.78, 5) is 0. The lowest BCUT2D eigenvalue weighted by Gasteiger charge is -2.21. The number of rotatable bonds is 5. The third-order valence-electron chi connectivity index (χ3n) is 3.05. The lowest BCUT2D eigenvalue weighted by Crippen LogP contribution is -2.27. The van der Waals surface area contributed by atoms with E-state index in [1.807, 2.05) is 30.2 Å². The molecule has 0 radical (unpaired) electrons. The monoisotopic (exact) mass is 247 g/mol. The summed E-state index contributed by atoms with van der Waals surface area (Å²) in [5.41, 5.74) is 2.33. The Morgan fingerprint density at radius 3 is 2.39 bits per heavy atom. The molecule has 0 aromatic carbocycles. The minimum atomic E-state index is 0.132. The summed E-state index contributed by atoms with van der Waals surface area (Å²) < 4.78 is 3.96. The Kier molecular flexibility index (Phi) is 3.81. The van der Waals surface area contributed by atoms with Crippen molar-refractivity contribution in [3.8, 4) is 0 Å². The van der Waals surface area contributed by atoms with Crippen LogP contribution in [0.3, 0.4) is 0 Å². The Morgan fingerprint density at radius 1 is 1.17 bits per heavy atom. The van der Waals surface area contributed by atoms with Crippen LogP contribution in [0.4, 0.5) is 0 Å². The van der Waals surface area contributed by atoms with Crippen LogP contribution >= 0.6 is 0 Å². The molecule has 2 aromatic rings. The summed E-state index contributed by atoms with van der Waals surface area (Å²) in [6.45, 7) is 7.30. The van der Waals surface area contributed by atoms with Gasteiger partial charge in [-0.05, 0) is 32.5 Å². The van der Waals surface area contributed by atoms with Crippen LogP contribution in [0.25, 0.3) is 0 Å². The summed E-state index contributed by atoms with van der Waals surface area (Å²) in [5.74, 6) is 0. The van der Waals surface area contributed by atoms with Crippen molar-refractivity contribution in [2.24, 2.45) is 7.05 Å². The Balaban J connectivity index is 2.42. The van der Waals surface area contributed by atoms with Crippen molar-refractivity contribution in [3.05, 3.63) is 35.9 Å². The molecule has 0 saturated heterocycles. The van der Waals surface area contributed by atoms with Gasteiger partial charge in [-0.15, -0.1) is 0 Å². The van der Waals surface area contributed by atoms with Crippen LogP contribution in [0.5, 0.6) is 0 Å². The van der Waals surface area contributed by atoms with Crippen LogP contribution < -0.4 is 5.32 Å². The fourth-order valence-corrected chi connectivity index (χ4v) is 2.22. The average molecular weight is 247 g/mol. The van der Waals surface area contributed by atoms with Crippen LogP contribution in [-0.2, 0) is 7.05 Å². The third-order valence-corrected chi connectivity index (χ3v) is 3.05. The SMILES string of the molecule is CCNC(c1ccnn1C)c1ccnn1C(C)C. The van der Waals surface area contributed by atoms with E-state index < -0.39 is 0 Å². The Hall–Kier alpha value is -1.62. The number of hydrogen-bond acceptors (Lipinski definition) is 3. The normalized spacial score (nSPS) is 13.2.